The van der Waals surface area contributed by atoms with Gasteiger partial charge in [-0.05, 0) is 134 Å². The molecule has 0 saturated heterocycles. The number of unbranched alkanes of at least 4 members (excludes halogenated alkanes) is 6. The summed E-state index contributed by atoms with van der Waals surface area (Å²) in [5, 5.41) is 0. The molecule has 0 aliphatic rings. The van der Waals surface area contributed by atoms with Crippen LogP contribution < -0.4 is 14.7 Å². The van der Waals surface area contributed by atoms with Crippen LogP contribution in [-0.4, -0.2) is 7.05 Å². The predicted molar refractivity (Wildman–Crippen MR) is 242 cm³/mol. The first-order chi connectivity index (χ1) is 27.6. The van der Waals surface area contributed by atoms with Crippen molar-refractivity contribution in [1.29, 1.82) is 0 Å². The predicted octanol–water partition coefficient (Wildman–Crippen LogP) is 15.7. The van der Waals surface area contributed by atoms with Crippen LogP contribution in [0.4, 0.5) is 45.5 Å². The Morgan fingerprint density at radius 1 is 0.339 bits per heavy atom. The minimum Gasteiger partial charge on any atom is -0.345 e. The summed E-state index contributed by atoms with van der Waals surface area (Å²) in [6.07, 6.45) is 10.5. The molecule has 0 bridgehead atoms. The second-order valence-electron chi connectivity index (χ2n) is 14.9. The number of anilines is 8. The zero-order chi connectivity index (χ0) is 38.5. The minimum atomic E-state index is 1.11. The van der Waals surface area contributed by atoms with Crippen molar-refractivity contribution >= 4 is 45.5 Å². The first-order valence-corrected chi connectivity index (χ1v) is 20.5. The third kappa shape index (κ3) is 9.59. The van der Waals surface area contributed by atoms with Crippen LogP contribution in [0.2, 0.25) is 0 Å². The van der Waals surface area contributed by atoms with E-state index in [1.165, 1.54) is 78.6 Å². The van der Waals surface area contributed by atoms with Crippen LogP contribution in [-0.2, 0) is 6.42 Å². The van der Waals surface area contributed by atoms with Crippen molar-refractivity contribution in [3.63, 3.8) is 0 Å². The standard InChI is InChI=1S/C53H55N3/c1-4-5-6-7-8-9-12-17-43-24-32-50(33-25-43)56(49-30-22-42(2)23-31-49)53-40-38-52(39-41-53)55(48-20-15-11-16-21-48)51-36-28-45(29-37-51)44-26-34-47(35-27-44)54(3)46-18-13-10-14-19-46/h10-11,13-16,18-41H,4-9,12,17H2,1-3H3. The molecule has 0 aromatic heterocycles. The number of nitrogens with zero attached hydrogens (tertiary/aromatic N) is 3. The number of aryl methyl sites for hydroxylation is 2. The molecule has 0 radical (unpaired) electrons. The molecule has 0 atom stereocenters. The Labute approximate surface area is 335 Å². The van der Waals surface area contributed by atoms with Crippen LogP contribution in [0.15, 0.2) is 182 Å². The highest BCUT2D eigenvalue weighted by atomic mass is 15.2. The molecule has 0 fully saturated rings. The van der Waals surface area contributed by atoms with E-state index in [1.54, 1.807) is 0 Å². The Kier molecular flexibility index (Phi) is 13.0. The van der Waals surface area contributed by atoms with Crippen LogP contribution in [0.3, 0.4) is 0 Å². The lowest BCUT2D eigenvalue weighted by molar-refractivity contribution is 0.589. The van der Waals surface area contributed by atoms with Crippen molar-refractivity contribution in [2.45, 2.75) is 65.2 Å². The maximum atomic E-state index is 2.37. The quantitative estimate of drug-likeness (QED) is 0.0863. The van der Waals surface area contributed by atoms with Gasteiger partial charge in [0.1, 0.15) is 0 Å². The summed E-state index contributed by atoms with van der Waals surface area (Å²) in [5.41, 5.74) is 14.2. The fourth-order valence-electron chi connectivity index (χ4n) is 7.50. The number of para-hydroxylation sites is 2. The summed E-state index contributed by atoms with van der Waals surface area (Å²) >= 11 is 0. The minimum absolute atomic E-state index is 1.11. The van der Waals surface area contributed by atoms with Crippen molar-refractivity contribution < 1.29 is 0 Å². The maximum absolute atomic E-state index is 2.37. The zero-order valence-electron chi connectivity index (χ0n) is 33.3. The smallest absolute Gasteiger partial charge is 0.0463 e. The Balaban J connectivity index is 1.11. The van der Waals surface area contributed by atoms with Gasteiger partial charge in [0.2, 0.25) is 0 Å². The van der Waals surface area contributed by atoms with Crippen LogP contribution in [0.5, 0.6) is 0 Å². The molecule has 0 spiro atoms. The van der Waals surface area contributed by atoms with Gasteiger partial charge in [-0.25, -0.2) is 0 Å². The van der Waals surface area contributed by atoms with Gasteiger partial charge in [0.25, 0.3) is 0 Å². The van der Waals surface area contributed by atoms with E-state index in [0.717, 1.165) is 40.5 Å². The molecule has 56 heavy (non-hydrogen) atoms. The van der Waals surface area contributed by atoms with Crippen LogP contribution in [0.1, 0.15) is 63.0 Å². The van der Waals surface area contributed by atoms with Crippen molar-refractivity contribution in [2.75, 3.05) is 21.7 Å². The van der Waals surface area contributed by atoms with Gasteiger partial charge in [0.05, 0.1) is 0 Å². The monoisotopic (exact) mass is 733 g/mol. The molecule has 7 aromatic rings. The lowest BCUT2D eigenvalue weighted by Crippen LogP contribution is -2.12. The highest BCUT2D eigenvalue weighted by Gasteiger charge is 2.16. The number of benzene rings is 7. The molecule has 7 aromatic carbocycles. The van der Waals surface area contributed by atoms with E-state index >= 15 is 0 Å². The normalized spacial score (nSPS) is 11.0. The topological polar surface area (TPSA) is 9.72 Å². The molecule has 0 aliphatic heterocycles. The highest BCUT2D eigenvalue weighted by molar-refractivity contribution is 5.82. The number of hydrogen-bond acceptors (Lipinski definition) is 3. The highest BCUT2D eigenvalue weighted by Crippen LogP contribution is 2.40. The molecule has 0 saturated carbocycles. The summed E-state index contributed by atoms with van der Waals surface area (Å²) in [4.78, 5) is 6.91. The summed E-state index contributed by atoms with van der Waals surface area (Å²) in [7, 11) is 2.11. The molecule has 0 heterocycles. The lowest BCUT2D eigenvalue weighted by Gasteiger charge is -2.28. The molecule has 0 amide bonds. The van der Waals surface area contributed by atoms with Gasteiger partial charge in [-0.15, -0.1) is 0 Å². The van der Waals surface area contributed by atoms with Gasteiger partial charge < -0.3 is 14.7 Å². The van der Waals surface area contributed by atoms with Crippen LogP contribution >= 0.6 is 0 Å². The van der Waals surface area contributed by atoms with Crippen molar-refractivity contribution in [3.8, 4) is 11.1 Å². The fourth-order valence-corrected chi connectivity index (χ4v) is 7.50. The van der Waals surface area contributed by atoms with Crippen molar-refractivity contribution in [3.05, 3.63) is 193 Å². The summed E-state index contributed by atoms with van der Waals surface area (Å²) < 4.78 is 0. The second-order valence-corrected chi connectivity index (χ2v) is 14.9. The lowest BCUT2D eigenvalue weighted by atomic mass is 10.0. The third-order valence-electron chi connectivity index (χ3n) is 10.8. The molecular formula is C53H55N3. The largest absolute Gasteiger partial charge is 0.345 e. The van der Waals surface area contributed by atoms with Gasteiger partial charge in [0.15, 0.2) is 0 Å². The Morgan fingerprint density at radius 2 is 0.679 bits per heavy atom. The average molecular weight is 734 g/mol. The number of hydrogen-bond donors (Lipinski definition) is 0. The molecule has 3 heteroatoms. The molecule has 3 nitrogen and oxygen atoms in total. The van der Waals surface area contributed by atoms with Gasteiger partial charge >= 0.3 is 0 Å². The van der Waals surface area contributed by atoms with E-state index in [4.69, 9.17) is 0 Å². The average Bonchev–Trinajstić information content (AvgIpc) is 3.26. The second kappa shape index (κ2) is 19.0. The molecular weight excluding hydrogens is 679 g/mol. The Bertz CT molecular complexity index is 2190. The van der Waals surface area contributed by atoms with E-state index in [2.05, 4.69) is 218 Å². The first kappa shape index (κ1) is 38.2. The summed E-state index contributed by atoms with van der Waals surface area (Å²) in [6.45, 7) is 4.43. The summed E-state index contributed by atoms with van der Waals surface area (Å²) in [6, 6.07) is 65.9. The molecule has 7 rings (SSSR count). The van der Waals surface area contributed by atoms with E-state index in [1.807, 2.05) is 0 Å². The molecule has 282 valence electrons. The van der Waals surface area contributed by atoms with E-state index in [0.29, 0.717) is 0 Å². The maximum Gasteiger partial charge on any atom is 0.0463 e. The molecule has 0 N–H and O–H groups in total. The van der Waals surface area contributed by atoms with Gasteiger partial charge in [-0.1, -0.05) is 136 Å². The van der Waals surface area contributed by atoms with Crippen molar-refractivity contribution in [2.24, 2.45) is 0 Å². The van der Waals surface area contributed by atoms with Crippen molar-refractivity contribution in [1.82, 2.24) is 0 Å². The molecule has 0 unspecified atom stereocenters. The van der Waals surface area contributed by atoms with Gasteiger partial charge in [0, 0.05) is 52.5 Å². The van der Waals surface area contributed by atoms with Gasteiger partial charge in [-0.2, -0.15) is 0 Å². The van der Waals surface area contributed by atoms with E-state index in [9.17, 15) is 0 Å². The van der Waals surface area contributed by atoms with Crippen LogP contribution in [0, 0.1) is 6.92 Å². The van der Waals surface area contributed by atoms with E-state index < -0.39 is 0 Å². The Hall–Kier alpha value is -6.06. The first-order valence-electron chi connectivity index (χ1n) is 20.5. The third-order valence-corrected chi connectivity index (χ3v) is 10.8. The Morgan fingerprint density at radius 3 is 1.16 bits per heavy atom. The molecule has 0 aliphatic carbocycles. The van der Waals surface area contributed by atoms with E-state index in [-0.39, 0.29) is 0 Å². The van der Waals surface area contributed by atoms with Crippen LogP contribution in [0.25, 0.3) is 11.1 Å². The fraction of sp³-hybridized carbons (Fsp3) is 0.208. The summed E-state index contributed by atoms with van der Waals surface area (Å²) in [5.74, 6) is 0. The van der Waals surface area contributed by atoms with Gasteiger partial charge in [-0.3, -0.25) is 0 Å². The number of rotatable bonds is 17. The SMILES string of the molecule is CCCCCCCCCc1ccc(N(c2ccc(C)cc2)c2ccc(N(c3ccccc3)c3ccc(-c4ccc(N(C)c5ccccc5)cc4)cc3)cc2)cc1. The zero-order valence-corrected chi connectivity index (χ0v) is 33.3.